The number of ether oxygens (including phenoxy) is 1. The van der Waals surface area contributed by atoms with Gasteiger partial charge >= 0.3 is 5.97 Å². The summed E-state index contributed by atoms with van der Waals surface area (Å²) in [4.78, 5) is 11.6. The predicted molar refractivity (Wildman–Crippen MR) is 118 cm³/mol. The summed E-state index contributed by atoms with van der Waals surface area (Å²) < 4.78 is 44.8. The van der Waals surface area contributed by atoms with Gasteiger partial charge in [-0.25, -0.2) is 17.6 Å². The predicted octanol–water partition coefficient (Wildman–Crippen LogP) is 4.94. The summed E-state index contributed by atoms with van der Waals surface area (Å²) >= 11 is 6.05. The van der Waals surface area contributed by atoms with Gasteiger partial charge in [0, 0.05) is 10.4 Å². The van der Waals surface area contributed by atoms with Crippen molar-refractivity contribution in [1.82, 2.24) is 0 Å². The fourth-order valence-electron chi connectivity index (χ4n) is 2.61. The minimum atomic E-state index is -3.60. The second-order valence-corrected chi connectivity index (χ2v) is 11.3. The van der Waals surface area contributed by atoms with Gasteiger partial charge in [-0.05, 0) is 50.2 Å². The van der Waals surface area contributed by atoms with E-state index in [4.69, 9.17) is 16.3 Å². The summed E-state index contributed by atoms with van der Waals surface area (Å²) in [6.07, 6.45) is -1.16. The highest BCUT2D eigenvalue weighted by Crippen LogP contribution is 2.29. The number of hydrogen-bond acceptors (Lipinski definition) is 4. The normalized spacial score (nSPS) is 12.8. The van der Waals surface area contributed by atoms with Crippen LogP contribution in [0.5, 0.6) is 5.75 Å². The van der Waals surface area contributed by atoms with Crippen molar-refractivity contribution >= 4 is 27.4 Å². The van der Waals surface area contributed by atoms with Gasteiger partial charge in [0.05, 0.1) is 21.3 Å². The molecule has 0 heterocycles. The Bertz CT molecular complexity index is 1150. The molecule has 166 valence electrons. The summed E-state index contributed by atoms with van der Waals surface area (Å²) in [6.45, 7) is 8.25. The number of carboxylic acids is 1. The summed E-state index contributed by atoms with van der Waals surface area (Å²) in [6, 6.07) is 7.92. The molecule has 0 aliphatic carbocycles. The molecule has 2 rings (SSSR count). The lowest BCUT2D eigenvalue weighted by molar-refractivity contribution is -0.150. The maximum atomic E-state index is 14.3. The average molecular weight is 467 g/mol. The van der Waals surface area contributed by atoms with Crippen molar-refractivity contribution in [1.29, 1.82) is 0 Å². The van der Waals surface area contributed by atoms with E-state index in [1.54, 1.807) is 20.8 Å². The molecule has 0 bridgehead atoms. The van der Waals surface area contributed by atoms with Gasteiger partial charge in [0.25, 0.3) is 0 Å². The highest BCUT2D eigenvalue weighted by atomic mass is 35.5. The molecule has 0 radical (unpaired) electrons. The highest BCUT2D eigenvalue weighted by Gasteiger charge is 2.33. The Hall–Kier alpha value is -2.56. The number of benzene rings is 2. The number of rotatable bonds is 5. The Kier molecular flexibility index (Phi) is 7.40. The second kappa shape index (κ2) is 9.29. The highest BCUT2D eigenvalue weighted by molar-refractivity contribution is 7.92. The van der Waals surface area contributed by atoms with E-state index in [1.165, 1.54) is 44.2 Å². The Morgan fingerprint density at radius 2 is 1.71 bits per heavy atom. The van der Waals surface area contributed by atoms with Crippen LogP contribution < -0.4 is 4.74 Å². The standard InChI is InChI=1S/C23H24ClFO5S/c1-14(2)31(28,29)18-9-10-19(25)15(13-18)6-7-16-12-17(24)8-11-20(16)30-21(22(26)27)23(3,4)5/h8-14,21H,1-5H3,(H,26,27). The van der Waals surface area contributed by atoms with Gasteiger partial charge in [0.15, 0.2) is 15.9 Å². The van der Waals surface area contributed by atoms with Crippen molar-refractivity contribution in [2.45, 2.75) is 50.9 Å². The van der Waals surface area contributed by atoms with Gasteiger partial charge < -0.3 is 9.84 Å². The number of hydrogen-bond donors (Lipinski definition) is 1. The summed E-state index contributed by atoms with van der Waals surface area (Å²) in [5, 5.41) is 9.18. The molecule has 0 spiro atoms. The van der Waals surface area contributed by atoms with E-state index >= 15 is 0 Å². The third-order valence-electron chi connectivity index (χ3n) is 4.42. The monoisotopic (exact) mass is 466 g/mol. The van der Waals surface area contributed by atoms with E-state index in [0.717, 1.165) is 6.07 Å². The largest absolute Gasteiger partial charge is 0.478 e. The van der Waals surface area contributed by atoms with Gasteiger partial charge in [0.1, 0.15) is 11.6 Å². The first kappa shape index (κ1) is 24.7. The van der Waals surface area contributed by atoms with Crippen molar-refractivity contribution in [3.8, 4) is 17.6 Å². The first-order valence-corrected chi connectivity index (χ1v) is 11.4. The van der Waals surface area contributed by atoms with E-state index in [-0.39, 0.29) is 21.8 Å². The Morgan fingerprint density at radius 3 is 2.26 bits per heavy atom. The van der Waals surface area contributed by atoms with Crippen molar-refractivity contribution < 1.29 is 27.4 Å². The fraction of sp³-hybridized carbons (Fsp3) is 0.348. The van der Waals surface area contributed by atoms with Crippen molar-refractivity contribution in [3.63, 3.8) is 0 Å². The van der Waals surface area contributed by atoms with Crippen LogP contribution in [0, 0.1) is 23.1 Å². The van der Waals surface area contributed by atoms with Crippen LogP contribution in [-0.2, 0) is 14.6 Å². The minimum absolute atomic E-state index is 0.0329. The molecule has 0 aliphatic rings. The van der Waals surface area contributed by atoms with Crippen LogP contribution in [0.2, 0.25) is 5.02 Å². The van der Waals surface area contributed by atoms with Crippen LogP contribution in [0.25, 0.3) is 0 Å². The molecule has 0 fully saturated rings. The maximum absolute atomic E-state index is 14.3. The van der Waals surface area contributed by atoms with Crippen molar-refractivity contribution in [2.75, 3.05) is 0 Å². The lowest BCUT2D eigenvalue weighted by Crippen LogP contribution is -2.39. The molecule has 0 saturated heterocycles. The average Bonchev–Trinajstić information content (AvgIpc) is 2.64. The third-order valence-corrected chi connectivity index (χ3v) is 6.80. The number of aliphatic carboxylic acids is 1. The molecule has 1 unspecified atom stereocenters. The molecule has 1 N–H and O–H groups in total. The molecule has 0 aliphatic heterocycles. The molecule has 0 amide bonds. The Labute approximate surface area is 187 Å². The zero-order valence-corrected chi connectivity index (χ0v) is 19.4. The molecule has 5 nitrogen and oxygen atoms in total. The molecule has 0 saturated carbocycles. The zero-order chi connectivity index (χ0) is 23.6. The van der Waals surface area contributed by atoms with E-state index in [2.05, 4.69) is 11.8 Å². The molecular weight excluding hydrogens is 443 g/mol. The molecular formula is C23H24ClFO5S. The fourth-order valence-corrected chi connectivity index (χ4v) is 3.87. The topological polar surface area (TPSA) is 80.7 Å². The van der Waals surface area contributed by atoms with Crippen LogP contribution in [0.1, 0.15) is 45.7 Å². The van der Waals surface area contributed by atoms with Crippen molar-refractivity contribution in [3.05, 3.63) is 58.4 Å². The summed E-state index contributed by atoms with van der Waals surface area (Å²) in [5.74, 6) is 3.69. The number of carbonyl (C=O) groups is 1. The molecule has 8 heteroatoms. The zero-order valence-electron chi connectivity index (χ0n) is 17.9. The summed E-state index contributed by atoms with van der Waals surface area (Å²) in [5.41, 5.74) is -0.570. The smallest absolute Gasteiger partial charge is 0.345 e. The first-order valence-electron chi connectivity index (χ1n) is 9.48. The van der Waals surface area contributed by atoms with Gasteiger partial charge in [-0.2, -0.15) is 0 Å². The van der Waals surface area contributed by atoms with Crippen LogP contribution in [0.3, 0.4) is 0 Å². The van der Waals surface area contributed by atoms with E-state index in [0.29, 0.717) is 5.02 Å². The first-order chi connectivity index (χ1) is 14.2. The minimum Gasteiger partial charge on any atom is -0.478 e. The number of sulfone groups is 1. The van der Waals surface area contributed by atoms with Crippen LogP contribution in [0.15, 0.2) is 41.3 Å². The maximum Gasteiger partial charge on any atom is 0.345 e. The van der Waals surface area contributed by atoms with Gasteiger partial charge in [-0.15, -0.1) is 0 Å². The molecule has 2 aromatic rings. The van der Waals surface area contributed by atoms with Crippen LogP contribution >= 0.6 is 11.6 Å². The quantitative estimate of drug-likeness (QED) is 0.498. The SMILES string of the molecule is CC(C)S(=O)(=O)c1ccc(F)c(C#Cc2cc(Cl)ccc2OC(C(=O)O)C(C)(C)C)c1. The molecule has 31 heavy (non-hydrogen) atoms. The van der Waals surface area contributed by atoms with E-state index < -0.39 is 38.4 Å². The lowest BCUT2D eigenvalue weighted by Gasteiger charge is -2.28. The van der Waals surface area contributed by atoms with Crippen molar-refractivity contribution in [2.24, 2.45) is 5.41 Å². The molecule has 2 aromatic carbocycles. The molecule has 1 atom stereocenters. The second-order valence-electron chi connectivity index (χ2n) is 8.33. The van der Waals surface area contributed by atoms with Crippen LogP contribution in [-0.4, -0.2) is 30.8 Å². The van der Waals surface area contributed by atoms with Gasteiger partial charge in [-0.3, -0.25) is 0 Å². The van der Waals surface area contributed by atoms with Gasteiger partial charge in [-0.1, -0.05) is 44.2 Å². The number of halogens is 2. The Morgan fingerprint density at radius 1 is 1.10 bits per heavy atom. The lowest BCUT2D eigenvalue weighted by atomic mass is 9.89. The number of carboxylic acid groups (broad SMARTS) is 1. The van der Waals surface area contributed by atoms with E-state index in [1.807, 2.05) is 0 Å². The molecule has 0 aromatic heterocycles. The summed E-state index contributed by atoms with van der Waals surface area (Å²) in [7, 11) is -3.60. The Balaban J connectivity index is 2.53. The van der Waals surface area contributed by atoms with Crippen LogP contribution in [0.4, 0.5) is 4.39 Å². The third kappa shape index (κ3) is 5.99. The van der Waals surface area contributed by atoms with Gasteiger partial charge in [0.2, 0.25) is 0 Å². The van der Waals surface area contributed by atoms with E-state index in [9.17, 15) is 22.7 Å².